The van der Waals surface area contributed by atoms with Crippen LogP contribution in [0.25, 0.3) is 0 Å². The molecule has 0 bridgehead atoms. The van der Waals surface area contributed by atoms with Gasteiger partial charge in [0.1, 0.15) is 9.84 Å². The zero-order valence-electron chi connectivity index (χ0n) is 8.90. The van der Waals surface area contributed by atoms with E-state index in [2.05, 4.69) is 0 Å². The van der Waals surface area contributed by atoms with Crippen molar-refractivity contribution in [1.29, 1.82) is 0 Å². The fourth-order valence-corrected chi connectivity index (χ4v) is 1.62. The van der Waals surface area contributed by atoms with E-state index in [9.17, 15) is 8.42 Å². The molecule has 0 spiro atoms. The summed E-state index contributed by atoms with van der Waals surface area (Å²) in [5, 5.41) is 0. The molecule has 2 N–H and O–H groups in total. The van der Waals surface area contributed by atoms with E-state index in [1.54, 1.807) is 7.11 Å². The van der Waals surface area contributed by atoms with E-state index in [1.807, 2.05) is 4.90 Å². The summed E-state index contributed by atoms with van der Waals surface area (Å²) in [5.74, 6) is 0.177. The molecule has 0 aliphatic carbocycles. The number of ether oxygens (including phenoxy) is 1. The van der Waals surface area contributed by atoms with Crippen molar-refractivity contribution >= 4 is 9.84 Å². The Labute approximate surface area is 86.1 Å². The first-order valence-corrected chi connectivity index (χ1v) is 6.64. The molecule has 0 radical (unpaired) electrons. The number of nitrogens with two attached hydrogens (primary N) is 1. The highest BCUT2D eigenvalue weighted by Gasteiger charge is 2.08. The van der Waals surface area contributed by atoms with Crippen molar-refractivity contribution in [3.05, 3.63) is 0 Å². The lowest BCUT2D eigenvalue weighted by atomic mass is 10.4. The average molecular weight is 224 g/mol. The first-order chi connectivity index (χ1) is 6.49. The Morgan fingerprint density at radius 3 is 2.36 bits per heavy atom. The average Bonchev–Trinajstić information content (AvgIpc) is 2.08. The third-order valence-electron chi connectivity index (χ3n) is 1.84. The normalized spacial score (nSPS) is 12.3. The molecule has 0 heterocycles. The minimum absolute atomic E-state index is 0.177. The van der Waals surface area contributed by atoms with Crippen LogP contribution in [-0.2, 0) is 14.6 Å². The minimum Gasteiger partial charge on any atom is -0.383 e. The zero-order valence-corrected chi connectivity index (χ0v) is 9.72. The number of sulfone groups is 1. The van der Waals surface area contributed by atoms with Crippen LogP contribution in [0.3, 0.4) is 0 Å². The van der Waals surface area contributed by atoms with Crippen LogP contribution in [0, 0.1) is 0 Å². The third-order valence-corrected chi connectivity index (χ3v) is 2.76. The van der Waals surface area contributed by atoms with Crippen molar-refractivity contribution in [3.8, 4) is 0 Å². The number of methoxy groups -OCH3 is 1. The van der Waals surface area contributed by atoms with Gasteiger partial charge in [0.05, 0.1) is 12.4 Å². The van der Waals surface area contributed by atoms with Crippen molar-refractivity contribution in [3.63, 3.8) is 0 Å². The Morgan fingerprint density at radius 2 is 1.93 bits per heavy atom. The van der Waals surface area contributed by atoms with Gasteiger partial charge in [-0.2, -0.15) is 0 Å². The van der Waals surface area contributed by atoms with Crippen LogP contribution in [0.1, 0.15) is 0 Å². The molecule has 0 aliphatic rings. The minimum atomic E-state index is -2.89. The van der Waals surface area contributed by atoms with Gasteiger partial charge in [-0.05, 0) is 0 Å². The van der Waals surface area contributed by atoms with Crippen molar-refractivity contribution in [1.82, 2.24) is 4.90 Å². The van der Waals surface area contributed by atoms with Gasteiger partial charge in [0.15, 0.2) is 0 Å². The van der Waals surface area contributed by atoms with E-state index < -0.39 is 9.84 Å². The SMILES string of the molecule is COCCN(CCN)CCS(C)(=O)=O. The van der Waals surface area contributed by atoms with Gasteiger partial charge in [0.2, 0.25) is 0 Å². The number of rotatable bonds is 8. The van der Waals surface area contributed by atoms with Gasteiger partial charge >= 0.3 is 0 Å². The Balaban J connectivity index is 3.84. The standard InChI is InChI=1S/C8H20N2O3S/c1-13-7-5-10(4-3-9)6-8-14(2,11)12/h3-9H2,1-2H3. The predicted molar refractivity (Wildman–Crippen MR) is 57.1 cm³/mol. The molecule has 0 aromatic rings. The van der Waals surface area contributed by atoms with Gasteiger partial charge in [-0.25, -0.2) is 8.42 Å². The molecule has 6 heteroatoms. The molecule has 5 nitrogen and oxygen atoms in total. The summed E-state index contributed by atoms with van der Waals surface area (Å²) < 4.78 is 26.8. The van der Waals surface area contributed by atoms with Crippen LogP contribution in [0.15, 0.2) is 0 Å². The van der Waals surface area contributed by atoms with Gasteiger partial charge in [0.25, 0.3) is 0 Å². The maximum absolute atomic E-state index is 10.9. The molecule has 0 fully saturated rings. The van der Waals surface area contributed by atoms with Crippen LogP contribution < -0.4 is 5.73 Å². The predicted octanol–water partition coefficient (Wildman–Crippen LogP) is -1.06. The van der Waals surface area contributed by atoms with E-state index >= 15 is 0 Å². The van der Waals surface area contributed by atoms with Crippen molar-refractivity contribution < 1.29 is 13.2 Å². The third kappa shape index (κ3) is 8.43. The largest absolute Gasteiger partial charge is 0.383 e. The van der Waals surface area contributed by atoms with E-state index in [0.29, 0.717) is 26.2 Å². The summed E-state index contributed by atoms with van der Waals surface area (Å²) in [6, 6.07) is 0. The quantitative estimate of drug-likeness (QED) is 0.569. The molecule has 0 rings (SSSR count). The van der Waals surface area contributed by atoms with Crippen LogP contribution in [-0.4, -0.2) is 65.2 Å². The van der Waals surface area contributed by atoms with E-state index in [0.717, 1.165) is 6.54 Å². The fourth-order valence-electron chi connectivity index (χ4n) is 1.03. The van der Waals surface area contributed by atoms with Crippen LogP contribution in [0.5, 0.6) is 0 Å². The summed E-state index contributed by atoms with van der Waals surface area (Å²) in [6.07, 6.45) is 1.24. The van der Waals surface area contributed by atoms with Crippen molar-refractivity contribution in [2.24, 2.45) is 5.73 Å². The summed E-state index contributed by atoms with van der Waals surface area (Å²) in [6.45, 7) is 3.10. The van der Waals surface area contributed by atoms with Crippen molar-refractivity contribution in [2.45, 2.75) is 0 Å². The zero-order chi connectivity index (χ0) is 11.0. The van der Waals surface area contributed by atoms with E-state index in [-0.39, 0.29) is 5.75 Å². The van der Waals surface area contributed by atoms with Crippen LogP contribution in [0.4, 0.5) is 0 Å². The van der Waals surface area contributed by atoms with Gasteiger partial charge in [0, 0.05) is 39.5 Å². The second kappa shape index (κ2) is 7.17. The molecule has 0 aromatic heterocycles. The van der Waals surface area contributed by atoms with Gasteiger partial charge in [-0.15, -0.1) is 0 Å². The van der Waals surface area contributed by atoms with Crippen LogP contribution in [0.2, 0.25) is 0 Å². The van der Waals surface area contributed by atoms with Gasteiger partial charge < -0.3 is 10.5 Å². The molecule has 86 valence electrons. The van der Waals surface area contributed by atoms with E-state index in [1.165, 1.54) is 6.26 Å². The molecule has 0 aromatic carbocycles. The molecule has 0 saturated carbocycles. The topological polar surface area (TPSA) is 72.6 Å². The first kappa shape index (κ1) is 13.8. The summed E-state index contributed by atoms with van der Waals surface area (Å²) in [7, 11) is -1.26. The summed E-state index contributed by atoms with van der Waals surface area (Å²) in [5.41, 5.74) is 5.41. The van der Waals surface area contributed by atoms with E-state index in [4.69, 9.17) is 10.5 Å². The molecule has 0 amide bonds. The molecule has 0 saturated heterocycles. The molecular formula is C8H20N2O3S. The van der Waals surface area contributed by atoms with Crippen molar-refractivity contribution in [2.75, 3.05) is 51.9 Å². The Kier molecular flexibility index (Phi) is 7.08. The number of hydrogen-bond donors (Lipinski definition) is 1. The molecule has 14 heavy (non-hydrogen) atoms. The second-order valence-corrected chi connectivity index (χ2v) is 5.51. The highest BCUT2D eigenvalue weighted by Crippen LogP contribution is 1.91. The monoisotopic (exact) mass is 224 g/mol. The number of nitrogens with zero attached hydrogens (tertiary/aromatic N) is 1. The highest BCUT2D eigenvalue weighted by atomic mass is 32.2. The highest BCUT2D eigenvalue weighted by molar-refractivity contribution is 7.90. The van der Waals surface area contributed by atoms with Gasteiger partial charge in [-0.3, -0.25) is 4.90 Å². The molecule has 0 aliphatic heterocycles. The maximum atomic E-state index is 10.9. The Hall–Kier alpha value is -0.170. The molecule has 0 atom stereocenters. The Morgan fingerprint density at radius 1 is 1.29 bits per heavy atom. The first-order valence-electron chi connectivity index (χ1n) is 4.58. The lowest BCUT2D eigenvalue weighted by molar-refractivity contribution is 0.153. The maximum Gasteiger partial charge on any atom is 0.148 e. The summed E-state index contributed by atoms with van der Waals surface area (Å²) in [4.78, 5) is 1.99. The fraction of sp³-hybridized carbons (Fsp3) is 1.00. The Bertz CT molecular complexity index is 229. The molecule has 0 unspecified atom stereocenters. The smallest absolute Gasteiger partial charge is 0.148 e. The summed E-state index contributed by atoms with van der Waals surface area (Å²) >= 11 is 0. The lowest BCUT2D eigenvalue weighted by Gasteiger charge is -2.20. The molecular weight excluding hydrogens is 204 g/mol. The van der Waals surface area contributed by atoms with Crippen LogP contribution >= 0.6 is 0 Å². The van der Waals surface area contributed by atoms with Gasteiger partial charge in [-0.1, -0.05) is 0 Å². The second-order valence-electron chi connectivity index (χ2n) is 3.25. The lowest BCUT2D eigenvalue weighted by Crippen LogP contribution is -2.35. The number of hydrogen-bond acceptors (Lipinski definition) is 5.